The Morgan fingerprint density at radius 1 is 1.10 bits per heavy atom. The zero-order valence-corrected chi connectivity index (χ0v) is 12.0. The van der Waals surface area contributed by atoms with Crippen LogP contribution >= 0.6 is 0 Å². The maximum absolute atomic E-state index is 12.1. The van der Waals surface area contributed by atoms with Gasteiger partial charge in [-0.05, 0) is 6.07 Å². The van der Waals surface area contributed by atoms with Crippen molar-refractivity contribution in [3.05, 3.63) is 52.4 Å². The van der Waals surface area contributed by atoms with Crippen LogP contribution in [0.4, 0.5) is 5.69 Å². The lowest BCUT2D eigenvalue weighted by atomic mass is 10.2. The van der Waals surface area contributed by atoms with Gasteiger partial charge in [0.15, 0.2) is 0 Å². The lowest BCUT2D eigenvalue weighted by Crippen LogP contribution is -2.20. The fraction of sp³-hybridized carbons (Fsp3) is 0.200. The van der Waals surface area contributed by atoms with Crippen LogP contribution in [0.1, 0.15) is 10.4 Å². The number of hydrogen-bond donors (Lipinski definition) is 1. The number of carbonyl (C=O) groups is 1. The van der Waals surface area contributed by atoms with Crippen molar-refractivity contribution in [1.29, 1.82) is 0 Å². The first-order valence-electron chi connectivity index (χ1n) is 6.24. The molecule has 0 bridgehead atoms. The monoisotopic (exact) mass is 288 g/mol. The number of rotatable bonds is 4. The number of anilines is 1. The van der Waals surface area contributed by atoms with Gasteiger partial charge in [0.25, 0.3) is 11.5 Å². The number of carbonyl (C=O) groups excluding carboxylic acids is 1. The lowest BCUT2D eigenvalue weighted by Gasteiger charge is -2.10. The molecule has 0 saturated carbocycles. The molecule has 0 radical (unpaired) electrons. The maximum Gasteiger partial charge on any atom is 0.255 e. The number of nitrogens with zero attached hydrogens (tertiary/aromatic N) is 1. The quantitative estimate of drug-likeness (QED) is 0.929. The van der Waals surface area contributed by atoms with Gasteiger partial charge in [0.1, 0.15) is 11.5 Å². The van der Waals surface area contributed by atoms with Crippen molar-refractivity contribution in [2.75, 3.05) is 19.5 Å². The van der Waals surface area contributed by atoms with Crippen LogP contribution in [0.15, 0.2) is 41.3 Å². The first-order valence-corrected chi connectivity index (χ1v) is 6.24. The van der Waals surface area contributed by atoms with Crippen LogP contribution in [-0.4, -0.2) is 24.7 Å². The number of methoxy groups -OCH3 is 2. The average Bonchev–Trinajstić information content (AvgIpc) is 2.49. The molecule has 1 N–H and O–H groups in total. The van der Waals surface area contributed by atoms with E-state index >= 15 is 0 Å². The molecule has 0 spiro atoms. The largest absolute Gasteiger partial charge is 0.497 e. The minimum absolute atomic E-state index is 0.245. The number of amides is 1. The fourth-order valence-corrected chi connectivity index (χ4v) is 1.77. The van der Waals surface area contributed by atoms with Crippen molar-refractivity contribution >= 4 is 11.6 Å². The Morgan fingerprint density at radius 3 is 2.24 bits per heavy atom. The van der Waals surface area contributed by atoms with Gasteiger partial charge in [-0.2, -0.15) is 0 Å². The first kappa shape index (κ1) is 14.6. The average molecular weight is 288 g/mol. The second-order valence-electron chi connectivity index (χ2n) is 4.42. The molecule has 2 aromatic rings. The third-order valence-electron chi connectivity index (χ3n) is 2.98. The highest BCUT2D eigenvalue weighted by Crippen LogP contribution is 2.25. The molecule has 0 saturated heterocycles. The summed E-state index contributed by atoms with van der Waals surface area (Å²) in [6.45, 7) is 0. The van der Waals surface area contributed by atoms with Crippen LogP contribution < -0.4 is 20.3 Å². The summed E-state index contributed by atoms with van der Waals surface area (Å²) in [6.07, 6.45) is 1.55. The van der Waals surface area contributed by atoms with Crippen molar-refractivity contribution < 1.29 is 14.3 Å². The van der Waals surface area contributed by atoms with Crippen LogP contribution in [0.5, 0.6) is 11.5 Å². The molecule has 1 amide bonds. The Kier molecular flexibility index (Phi) is 4.27. The number of pyridine rings is 1. The van der Waals surface area contributed by atoms with Crippen LogP contribution in [-0.2, 0) is 7.05 Å². The summed E-state index contributed by atoms with van der Waals surface area (Å²) >= 11 is 0. The minimum Gasteiger partial charge on any atom is -0.497 e. The van der Waals surface area contributed by atoms with E-state index in [1.807, 2.05) is 0 Å². The van der Waals surface area contributed by atoms with E-state index in [-0.39, 0.29) is 11.5 Å². The molecule has 0 atom stereocenters. The predicted molar refractivity (Wildman–Crippen MR) is 79.2 cm³/mol. The highest BCUT2D eigenvalue weighted by atomic mass is 16.5. The van der Waals surface area contributed by atoms with Gasteiger partial charge in [0, 0.05) is 48.8 Å². The van der Waals surface area contributed by atoms with Gasteiger partial charge < -0.3 is 19.4 Å². The number of nitrogens with one attached hydrogen (secondary N) is 1. The Morgan fingerprint density at radius 2 is 1.71 bits per heavy atom. The van der Waals surface area contributed by atoms with Gasteiger partial charge in [-0.3, -0.25) is 9.59 Å². The third kappa shape index (κ3) is 3.42. The van der Waals surface area contributed by atoms with Gasteiger partial charge in [-0.1, -0.05) is 0 Å². The Balaban J connectivity index is 2.26. The number of hydrogen-bond acceptors (Lipinski definition) is 4. The molecule has 2 rings (SSSR count). The van der Waals surface area contributed by atoms with Crippen LogP contribution in [0.3, 0.4) is 0 Å². The Labute approximate surface area is 121 Å². The first-order chi connectivity index (χ1) is 10.0. The minimum atomic E-state index is -0.372. The third-order valence-corrected chi connectivity index (χ3v) is 2.98. The Hall–Kier alpha value is -2.76. The molecular weight excluding hydrogens is 272 g/mol. The normalized spacial score (nSPS) is 10.0. The number of aryl methyl sites for hydroxylation is 1. The molecule has 1 aromatic carbocycles. The van der Waals surface area contributed by atoms with E-state index in [1.165, 1.54) is 24.9 Å². The Bertz CT molecular complexity index is 700. The molecule has 110 valence electrons. The second-order valence-corrected chi connectivity index (χ2v) is 4.42. The van der Waals surface area contributed by atoms with Gasteiger partial charge in [0.05, 0.1) is 14.2 Å². The standard InChI is InChI=1S/C15H16N2O4/c1-17-5-4-10(6-14(17)18)15(19)16-11-7-12(20-2)9-13(8-11)21-3/h4-9H,1-3H3,(H,16,19). The van der Waals surface area contributed by atoms with E-state index in [2.05, 4.69) is 5.32 Å². The summed E-state index contributed by atoms with van der Waals surface area (Å²) in [7, 11) is 4.68. The molecular formula is C15H16N2O4. The molecule has 0 aliphatic rings. The number of benzene rings is 1. The predicted octanol–water partition coefficient (Wildman–Crippen LogP) is 1.65. The smallest absolute Gasteiger partial charge is 0.255 e. The molecule has 21 heavy (non-hydrogen) atoms. The highest BCUT2D eigenvalue weighted by Gasteiger charge is 2.09. The summed E-state index contributed by atoms with van der Waals surface area (Å²) in [4.78, 5) is 23.7. The summed E-state index contributed by atoms with van der Waals surface area (Å²) in [5.41, 5.74) is 0.572. The number of aromatic nitrogens is 1. The van der Waals surface area contributed by atoms with E-state index in [0.29, 0.717) is 22.7 Å². The van der Waals surface area contributed by atoms with Crippen molar-refractivity contribution in [2.24, 2.45) is 7.05 Å². The van der Waals surface area contributed by atoms with Crippen LogP contribution in [0.2, 0.25) is 0 Å². The van der Waals surface area contributed by atoms with E-state index in [9.17, 15) is 9.59 Å². The van der Waals surface area contributed by atoms with E-state index in [4.69, 9.17) is 9.47 Å². The maximum atomic E-state index is 12.1. The lowest BCUT2D eigenvalue weighted by molar-refractivity contribution is 0.102. The zero-order chi connectivity index (χ0) is 15.4. The van der Waals surface area contributed by atoms with Crippen LogP contribution in [0, 0.1) is 0 Å². The van der Waals surface area contributed by atoms with E-state index in [0.717, 1.165) is 0 Å². The molecule has 6 nitrogen and oxygen atoms in total. The SMILES string of the molecule is COc1cc(NC(=O)c2ccn(C)c(=O)c2)cc(OC)c1. The van der Waals surface area contributed by atoms with Crippen molar-refractivity contribution in [2.45, 2.75) is 0 Å². The van der Waals surface area contributed by atoms with E-state index < -0.39 is 0 Å². The highest BCUT2D eigenvalue weighted by molar-refractivity contribution is 6.04. The van der Waals surface area contributed by atoms with E-state index in [1.54, 1.807) is 37.5 Å². The van der Waals surface area contributed by atoms with Gasteiger partial charge in [0.2, 0.25) is 0 Å². The summed E-state index contributed by atoms with van der Waals surface area (Å²) < 4.78 is 11.7. The summed E-state index contributed by atoms with van der Waals surface area (Å²) in [6, 6.07) is 7.90. The molecule has 0 unspecified atom stereocenters. The number of ether oxygens (including phenoxy) is 2. The summed E-state index contributed by atoms with van der Waals surface area (Å²) in [5, 5.41) is 2.71. The molecule has 6 heteroatoms. The van der Waals surface area contributed by atoms with Gasteiger partial charge in [-0.25, -0.2) is 0 Å². The second kappa shape index (κ2) is 6.13. The molecule has 1 heterocycles. The van der Waals surface area contributed by atoms with Crippen molar-refractivity contribution in [3.8, 4) is 11.5 Å². The molecule has 0 aliphatic heterocycles. The van der Waals surface area contributed by atoms with Gasteiger partial charge >= 0.3 is 0 Å². The van der Waals surface area contributed by atoms with Gasteiger partial charge in [-0.15, -0.1) is 0 Å². The molecule has 1 aromatic heterocycles. The van der Waals surface area contributed by atoms with Crippen molar-refractivity contribution in [3.63, 3.8) is 0 Å². The van der Waals surface area contributed by atoms with Crippen molar-refractivity contribution in [1.82, 2.24) is 4.57 Å². The molecule has 0 aliphatic carbocycles. The molecule has 0 fully saturated rings. The fourth-order valence-electron chi connectivity index (χ4n) is 1.77. The zero-order valence-electron chi connectivity index (χ0n) is 12.0. The van der Waals surface area contributed by atoms with Crippen LogP contribution in [0.25, 0.3) is 0 Å². The topological polar surface area (TPSA) is 69.6 Å². The summed E-state index contributed by atoms with van der Waals surface area (Å²) in [5.74, 6) is 0.755.